The van der Waals surface area contributed by atoms with Gasteiger partial charge in [0.05, 0.1) is 4.92 Å². The van der Waals surface area contributed by atoms with Gasteiger partial charge >= 0.3 is 0 Å². The van der Waals surface area contributed by atoms with Crippen LogP contribution in [0.3, 0.4) is 0 Å². The number of nitro benzene ring substituents is 1. The van der Waals surface area contributed by atoms with Gasteiger partial charge < -0.3 is 5.32 Å². The number of nitro groups is 1. The first kappa shape index (κ1) is 17.8. The van der Waals surface area contributed by atoms with Crippen LogP contribution in [-0.4, -0.2) is 15.9 Å². The normalized spacial score (nSPS) is 10.3. The summed E-state index contributed by atoms with van der Waals surface area (Å²) in [6.45, 7) is 0. The number of hydrogen-bond donors (Lipinski definition) is 2. The number of anilines is 1. The van der Waals surface area contributed by atoms with Gasteiger partial charge in [-0.05, 0) is 35.8 Å². The van der Waals surface area contributed by atoms with Crippen molar-refractivity contribution in [3.63, 3.8) is 0 Å². The fraction of sp³-hybridized carbons (Fsp3) is 0. The molecule has 130 valence electrons. The molecule has 6 nitrogen and oxygen atoms in total. The number of nitrogens with zero attached hydrogens (tertiary/aromatic N) is 1. The second kappa shape index (κ2) is 7.47. The summed E-state index contributed by atoms with van der Waals surface area (Å²) in [6.07, 6.45) is 0. The van der Waals surface area contributed by atoms with Gasteiger partial charge in [-0.2, -0.15) is 0 Å². The molecule has 0 saturated heterocycles. The number of non-ortho nitro benzene ring substituents is 1. The molecule has 0 heterocycles. The van der Waals surface area contributed by atoms with Crippen LogP contribution in [0.25, 0.3) is 10.8 Å². The lowest BCUT2D eigenvalue weighted by Gasteiger charge is -2.11. The molecule has 8 heteroatoms. The van der Waals surface area contributed by atoms with Gasteiger partial charge in [0, 0.05) is 33.8 Å². The summed E-state index contributed by atoms with van der Waals surface area (Å²) >= 11 is 11.3. The Hall–Kier alpha value is -3.03. The first-order valence-corrected chi connectivity index (χ1v) is 8.28. The lowest BCUT2D eigenvalue weighted by Crippen LogP contribution is -2.34. The molecule has 3 rings (SSSR count). The van der Waals surface area contributed by atoms with Crippen LogP contribution in [0.2, 0.25) is 5.02 Å². The minimum atomic E-state index is -0.507. The van der Waals surface area contributed by atoms with E-state index in [1.807, 2.05) is 6.07 Å². The molecule has 26 heavy (non-hydrogen) atoms. The van der Waals surface area contributed by atoms with Crippen LogP contribution in [0.5, 0.6) is 0 Å². The van der Waals surface area contributed by atoms with Gasteiger partial charge in [0.25, 0.3) is 11.6 Å². The second-order valence-electron chi connectivity index (χ2n) is 5.36. The largest absolute Gasteiger partial charge is 0.332 e. The molecule has 0 fully saturated rings. The van der Waals surface area contributed by atoms with Crippen molar-refractivity contribution in [3.8, 4) is 0 Å². The summed E-state index contributed by atoms with van der Waals surface area (Å²) in [5, 5.41) is 18.2. The molecule has 0 spiro atoms. The third kappa shape index (κ3) is 3.79. The number of carbonyl (C=O) groups excluding carboxylic acids is 1. The maximum absolute atomic E-state index is 12.6. The van der Waals surface area contributed by atoms with Crippen LogP contribution in [0.15, 0.2) is 60.7 Å². The van der Waals surface area contributed by atoms with Crippen LogP contribution in [-0.2, 0) is 0 Å². The second-order valence-corrected chi connectivity index (χ2v) is 6.17. The molecule has 0 aliphatic heterocycles. The zero-order valence-electron chi connectivity index (χ0n) is 13.2. The topological polar surface area (TPSA) is 84.3 Å². The van der Waals surface area contributed by atoms with E-state index in [2.05, 4.69) is 10.6 Å². The predicted octanol–water partition coefficient (Wildman–Crippen LogP) is 4.53. The summed E-state index contributed by atoms with van der Waals surface area (Å²) in [4.78, 5) is 22.9. The number of rotatable bonds is 3. The Bertz CT molecular complexity index is 1040. The number of benzene rings is 3. The van der Waals surface area contributed by atoms with E-state index in [0.29, 0.717) is 21.7 Å². The number of nitrogens with one attached hydrogen (secondary N) is 2. The predicted molar refractivity (Wildman–Crippen MR) is 106 cm³/mol. The van der Waals surface area contributed by atoms with Crippen LogP contribution in [0, 0.1) is 10.1 Å². The third-order valence-electron chi connectivity index (χ3n) is 3.66. The SMILES string of the molecule is O=C(NC(=S)Nc1cccc([N+](=O)[O-])c1)c1cccc2c(Cl)cccc12. The molecule has 0 aliphatic carbocycles. The number of thiocarbonyl (C=S) groups is 1. The van der Waals surface area contributed by atoms with Crippen molar-refractivity contribution in [2.45, 2.75) is 0 Å². The van der Waals surface area contributed by atoms with Crippen molar-refractivity contribution < 1.29 is 9.72 Å². The van der Waals surface area contributed by atoms with Crippen LogP contribution in [0.4, 0.5) is 11.4 Å². The van der Waals surface area contributed by atoms with Crippen molar-refractivity contribution in [1.29, 1.82) is 0 Å². The summed E-state index contributed by atoms with van der Waals surface area (Å²) in [7, 11) is 0. The molecule has 0 aromatic heterocycles. The van der Waals surface area contributed by atoms with Gasteiger partial charge in [-0.25, -0.2) is 0 Å². The van der Waals surface area contributed by atoms with Crippen molar-refractivity contribution in [3.05, 3.63) is 81.4 Å². The fourth-order valence-electron chi connectivity index (χ4n) is 2.50. The highest BCUT2D eigenvalue weighted by atomic mass is 35.5. The minimum Gasteiger partial charge on any atom is -0.332 e. The number of hydrogen-bond acceptors (Lipinski definition) is 4. The van der Waals surface area contributed by atoms with Crippen LogP contribution < -0.4 is 10.6 Å². The smallest absolute Gasteiger partial charge is 0.271 e. The Morgan fingerprint density at radius 2 is 1.73 bits per heavy atom. The Morgan fingerprint density at radius 1 is 1.04 bits per heavy atom. The highest BCUT2D eigenvalue weighted by Gasteiger charge is 2.13. The molecular formula is C18H12ClN3O3S. The van der Waals surface area contributed by atoms with Gasteiger partial charge in [-0.1, -0.05) is 41.9 Å². The third-order valence-corrected chi connectivity index (χ3v) is 4.19. The first-order chi connectivity index (χ1) is 12.5. The number of fused-ring (bicyclic) bond motifs is 1. The van der Waals surface area contributed by atoms with E-state index in [0.717, 1.165) is 5.39 Å². The summed E-state index contributed by atoms with van der Waals surface area (Å²) in [6, 6.07) is 16.4. The monoisotopic (exact) mass is 385 g/mol. The van der Waals surface area contributed by atoms with E-state index >= 15 is 0 Å². The van der Waals surface area contributed by atoms with Crippen molar-refractivity contribution in [1.82, 2.24) is 5.32 Å². The van der Waals surface area contributed by atoms with Gasteiger partial charge in [0.15, 0.2) is 5.11 Å². The quantitative estimate of drug-likeness (QED) is 0.393. The van der Waals surface area contributed by atoms with E-state index in [9.17, 15) is 14.9 Å². The molecule has 0 bridgehead atoms. The Balaban J connectivity index is 1.78. The molecule has 2 N–H and O–H groups in total. The highest BCUT2D eigenvalue weighted by molar-refractivity contribution is 7.80. The Kier molecular flexibility index (Phi) is 5.11. The molecule has 1 amide bonds. The molecule has 3 aromatic carbocycles. The molecule has 3 aromatic rings. The van der Waals surface area contributed by atoms with Gasteiger partial charge in [0.1, 0.15) is 0 Å². The summed E-state index contributed by atoms with van der Waals surface area (Å²) in [5.41, 5.74) is 0.756. The highest BCUT2D eigenvalue weighted by Crippen LogP contribution is 2.26. The lowest BCUT2D eigenvalue weighted by molar-refractivity contribution is -0.384. The Morgan fingerprint density at radius 3 is 2.50 bits per heavy atom. The van der Waals surface area contributed by atoms with Gasteiger partial charge in [0.2, 0.25) is 0 Å². The average molecular weight is 386 g/mol. The fourth-order valence-corrected chi connectivity index (χ4v) is 2.95. The lowest BCUT2D eigenvalue weighted by atomic mass is 10.0. The molecule has 0 radical (unpaired) electrons. The summed E-state index contributed by atoms with van der Waals surface area (Å²) in [5.74, 6) is -0.402. The molecule has 0 unspecified atom stereocenters. The van der Waals surface area contributed by atoms with Gasteiger partial charge in [-0.3, -0.25) is 20.2 Å². The van der Waals surface area contributed by atoms with E-state index in [1.54, 1.807) is 36.4 Å². The number of carbonyl (C=O) groups is 1. The maximum Gasteiger partial charge on any atom is 0.271 e. The van der Waals surface area contributed by atoms with Gasteiger partial charge in [-0.15, -0.1) is 0 Å². The van der Waals surface area contributed by atoms with Crippen LogP contribution in [0.1, 0.15) is 10.4 Å². The van der Waals surface area contributed by atoms with Crippen molar-refractivity contribution in [2.75, 3.05) is 5.32 Å². The standard InChI is InChI=1S/C18H12ClN3O3S/c19-16-9-3-6-13-14(16)7-2-8-15(13)17(23)21-18(26)20-11-4-1-5-12(10-11)22(24)25/h1-10H,(H2,20,21,23,26). The number of halogens is 1. The van der Waals surface area contributed by atoms with E-state index < -0.39 is 10.8 Å². The average Bonchev–Trinajstić information content (AvgIpc) is 2.61. The first-order valence-electron chi connectivity index (χ1n) is 7.50. The van der Waals surface area contributed by atoms with E-state index in [1.165, 1.54) is 18.2 Å². The number of amides is 1. The molecule has 0 atom stereocenters. The molecule has 0 saturated carbocycles. The summed E-state index contributed by atoms with van der Waals surface area (Å²) < 4.78 is 0. The van der Waals surface area contributed by atoms with Crippen molar-refractivity contribution in [2.24, 2.45) is 0 Å². The van der Waals surface area contributed by atoms with E-state index in [-0.39, 0.29) is 10.8 Å². The molecule has 0 aliphatic rings. The van der Waals surface area contributed by atoms with Crippen LogP contribution >= 0.6 is 23.8 Å². The Labute approximate surface area is 158 Å². The zero-order valence-corrected chi connectivity index (χ0v) is 14.8. The minimum absolute atomic E-state index is 0.0366. The molecular weight excluding hydrogens is 374 g/mol. The maximum atomic E-state index is 12.6. The zero-order chi connectivity index (χ0) is 18.7. The van der Waals surface area contributed by atoms with Crippen molar-refractivity contribution >= 4 is 57.0 Å². The van der Waals surface area contributed by atoms with E-state index in [4.69, 9.17) is 23.8 Å².